The monoisotopic (exact) mass is 264 g/mol. The average molecular weight is 264 g/mol. The van der Waals surface area contributed by atoms with Gasteiger partial charge in [0.2, 0.25) is 5.75 Å². The molecule has 6 nitrogen and oxygen atoms in total. The molecule has 0 aliphatic carbocycles. The topological polar surface area (TPSA) is 65.8 Å². The van der Waals surface area contributed by atoms with Gasteiger partial charge in [-0.05, 0) is 12.1 Å². The molecular weight excluding hydrogens is 248 g/mol. The second-order valence-electron chi connectivity index (χ2n) is 3.70. The van der Waals surface area contributed by atoms with Crippen LogP contribution in [0.2, 0.25) is 0 Å². The molecule has 1 heterocycles. The Kier molecular flexibility index (Phi) is 3.79. The lowest BCUT2D eigenvalue weighted by atomic mass is 10.1. The van der Waals surface area contributed by atoms with Crippen LogP contribution in [0.5, 0.6) is 17.2 Å². The zero-order chi connectivity index (χ0) is 13.8. The van der Waals surface area contributed by atoms with Crippen molar-refractivity contribution in [3.8, 4) is 28.5 Å². The fourth-order valence-electron chi connectivity index (χ4n) is 1.75. The summed E-state index contributed by atoms with van der Waals surface area (Å²) in [6.45, 7) is 0. The van der Waals surface area contributed by atoms with Gasteiger partial charge in [0.15, 0.2) is 11.5 Å². The Balaban J connectivity index is 2.51. The molecule has 0 aliphatic rings. The molecule has 0 saturated heterocycles. The number of ether oxygens (including phenoxy) is 3. The van der Waals surface area contributed by atoms with Gasteiger partial charge in [0.05, 0.1) is 21.3 Å². The van der Waals surface area contributed by atoms with E-state index in [0.717, 1.165) is 5.56 Å². The van der Waals surface area contributed by atoms with Gasteiger partial charge in [0.1, 0.15) is 12.0 Å². The maximum atomic E-state index is 5.29. The van der Waals surface area contributed by atoms with E-state index in [1.54, 1.807) is 34.6 Å². The lowest BCUT2D eigenvalue weighted by Gasteiger charge is -2.13. The molecule has 0 bridgehead atoms. The normalized spacial score (nSPS) is 10.1. The third kappa shape index (κ3) is 2.42. The molecule has 2 rings (SSSR count). The van der Waals surface area contributed by atoms with Gasteiger partial charge in [-0.3, -0.25) is 0 Å². The van der Waals surface area contributed by atoms with Gasteiger partial charge >= 0.3 is 0 Å². The van der Waals surface area contributed by atoms with Crippen molar-refractivity contribution >= 4 is 6.01 Å². The molecule has 0 fully saturated rings. The minimum atomic E-state index is 0.448. The summed E-state index contributed by atoms with van der Waals surface area (Å²) in [5.74, 6) is 1.70. The van der Waals surface area contributed by atoms with Crippen LogP contribution in [0.1, 0.15) is 0 Å². The van der Waals surface area contributed by atoms with Crippen LogP contribution >= 0.6 is 0 Å². The van der Waals surface area contributed by atoms with Gasteiger partial charge < -0.3 is 23.9 Å². The SMILES string of the molecule is CNc1nc(-c2cc(OC)c(OC)c(OC)c2)co1. The summed E-state index contributed by atoms with van der Waals surface area (Å²) in [5.41, 5.74) is 1.50. The molecule has 0 atom stereocenters. The molecule has 0 unspecified atom stereocenters. The highest BCUT2D eigenvalue weighted by molar-refractivity contribution is 5.68. The van der Waals surface area contributed by atoms with Crippen LogP contribution in [0.15, 0.2) is 22.8 Å². The minimum absolute atomic E-state index is 0.448. The lowest BCUT2D eigenvalue weighted by Crippen LogP contribution is -1.96. The van der Waals surface area contributed by atoms with E-state index in [1.165, 1.54) is 0 Å². The van der Waals surface area contributed by atoms with Crippen molar-refractivity contribution in [2.45, 2.75) is 0 Å². The van der Waals surface area contributed by atoms with Crippen molar-refractivity contribution in [1.82, 2.24) is 4.98 Å². The van der Waals surface area contributed by atoms with Gasteiger partial charge in [-0.15, -0.1) is 0 Å². The molecule has 2 aromatic rings. The molecule has 1 aromatic carbocycles. The van der Waals surface area contributed by atoms with E-state index in [0.29, 0.717) is 29.0 Å². The predicted octanol–water partition coefficient (Wildman–Crippen LogP) is 2.41. The van der Waals surface area contributed by atoms with Gasteiger partial charge in [0.25, 0.3) is 6.01 Å². The van der Waals surface area contributed by atoms with Gasteiger partial charge in [-0.25, -0.2) is 0 Å². The maximum absolute atomic E-state index is 5.29. The second-order valence-corrected chi connectivity index (χ2v) is 3.70. The Hall–Kier alpha value is -2.37. The Morgan fingerprint density at radius 3 is 2.11 bits per heavy atom. The van der Waals surface area contributed by atoms with Crippen LogP contribution in [0.25, 0.3) is 11.3 Å². The molecule has 0 radical (unpaired) electrons. The minimum Gasteiger partial charge on any atom is -0.493 e. The number of benzene rings is 1. The quantitative estimate of drug-likeness (QED) is 0.894. The molecule has 0 amide bonds. The fraction of sp³-hybridized carbons (Fsp3) is 0.308. The molecule has 6 heteroatoms. The zero-order valence-corrected chi connectivity index (χ0v) is 11.3. The number of anilines is 1. The number of nitrogens with zero attached hydrogens (tertiary/aromatic N) is 1. The van der Waals surface area contributed by atoms with Crippen molar-refractivity contribution in [1.29, 1.82) is 0 Å². The maximum Gasteiger partial charge on any atom is 0.294 e. The number of aromatic nitrogens is 1. The molecule has 0 spiro atoms. The molecule has 19 heavy (non-hydrogen) atoms. The average Bonchev–Trinajstić information content (AvgIpc) is 2.94. The van der Waals surface area contributed by atoms with Crippen LogP contribution in [0.4, 0.5) is 6.01 Å². The molecule has 1 N–H and O–H groups in total. The van der Waals surface area contributed by atoms with Gasteiger partial charge in [-0.1, -0.05) is 0 Å². The molecule has 0 aliphatic heterocycles. The summed E-state index contributed by atoms with van der Waals surface area (Å²) in [4.78, 5) is 4.28. The number of nitrogens with one attached hydrogen (secondary N) is 1. The van der Waals surface area contributed by atoms with Gasteiger partial charge in [-0.2, -0.15) is 4.98 Å². The van der Waals surface area contributed by atoms with Crippen LogP contribution < -0.4 is 19.5 Å². The fourth-order valence-corrected chi connectivity index (χ4v) is 1.75. The first-order valence-corrected chi connectivity index (χ1v) is 5.67. The summed E-state index contributed by atoms with van der Waals surface area (Å²) >= 11 is 0. The number of oxazole rings is 1. The predicted molar refractivity (Wildman–Crippen MR) is 71.1 cm³/mol. The third-order valence-corrected chi connectivity index (χ3v) is 2.68. The largest absolute Gasteiger partial charge is 0.493 e. The summed E-state index contributed by atoms with van der Waals surface area (Å²) in [5, 5.41) is 2.83. The molecule has 1 aromatic heterocycles. The Labute approximate surface area is 111 Å². The number of hydrogen-bond donors (Lipinski definition) is 1. The molecule has 0 saturated carbocycles. The second kappa shape index (κ2) is 5.51. The number of hydrogen-bond acceptors (Lipinski definition) is 6. The highest BCUT2D eigenvalue weighted by atomic mass is 16.5. The van der Waals surface area contributed by atoms with E-state index in [1.807, 2.05) is 12.1 Å². The third-order valence-electron chi connectivity index (χ3n) is 2.68. The number of rotatable bonds is 5. The van der Waals surface area contributed by atoms with Crippen LogP contribution in [0, 0.1) is 0 Å². The Morgan fingerprint density at radius 1 is 1.05 bits per heavy atom. The molecule has 102 valence electrons. The summed E-state index contributed by atoms with van der Waals surface area (Å²) < 4.78 is 21.1. The van der Waals surface area contributed by atoms with Crippen molar-refractivity contribution in [3.05, 3.63) is 18.4 Å². The van der Waals surface area contributed by atoms with Crippen molar-refractivity contribution in [2.75, 3.05) is 33.7 Å². The molecular formula is C13H16N2O4. The van der Waals surface area contributed by atoms with E-state index >= 15 is 0 Å². The smallest absolute Gasteiger partial charge is 0.294 e. The first-order valence-electron chi connectivity index (χ1n) is 5.67. The van der Waals surface area contributed by atoms with E-state index in [4.69, 9.17) is 18.6 Å². The summed E-state index contributed by atoms with van der Waals surface area (Å²) in [6, 6.07) is 4.08. The summed E-state index contributed by atoms with van der Waals surface area (Å²) in [7, 11) is 6.45. The van der Waals surface area contributed by atoms with Crippen molar-refractivity contribution in [3.63, 3.8) is 0 Å². The van der Waals surface area contributed by atoms with Crippen molar-refractivity contribution in [2.24, 2.45) is 0 Å². The Bertz CT molecular complexity index is 541. The Morgan fingerprint density at radius 2 is 1.68 bits per heavy atom. The van der Waals surface area contributed by atoms with Crippen LogP contribution in [-0.4, -0.2) is 33.4 Å². The van der Waals surface area contributed by atoms with Crippen LogP contribution in [-0.2, 0) is 0 Å². The van der Waals surface area contributed by atoms with Crippen LogP contribution in [0.3, 0.4) is 0 Å². The van der Waals surface area contributed by atoms with Gasteiger partial charge in [0, 0.05) is 12.6 Å². The standard InChI is InChI=1S/C13H16N2O4/c1-14-13-15-9(7-19-13)8-5-10(16-2)12(18-4)11(6-8)17-3/h5-7H,1-4H3,(H,14,15). The first-order chi connectivity index (χ1) is 9.23. The van der Waals surface area contributed by atoms with E-state index < -0.39 is 0 Å². The van der Waals surface area contributed by atoms with E-state index in [9.17, 15) is 0 Å². The first kappa shape index (κ1) is 13.1. The van der Waals surface area contributed by atoms with E-state index in [-0.39, 0.29) is 0 Å². The number of methoxy groups -OCH3 is 3. The zero-order valence-electron chi connectivity index (χ0n) is 11.3. The highest BCUT2D eigenvalue weighted by Gasteiger charge is 2.15. The van der Waals surface area contributed by atoms with Crippen molar-refractivity contribution < 1.29 is 18.6 Å². The highest BCUT2D eigenvalue weighted by Crippen LogP contribution is 2.41. The van der Waals surface area contributed by atoms with E-state index in [2.05, 4.69) is 10.3 Å². The lowest BCUT2D eigenvalue weighted by molar-refractivity contribution is 0.324. The summed E-state index contributed by atoms with van der Waals surface area (Å²) in [6.07, 6.45) is 1.56.